The number of aryl methyl sites for hydroxylation is 1. The summed E-state index contributed by atoms with van der Waals surface area (Å²) in [4.78, 5) is 15.6. The molecule has 7 nitrogen and oxygen atoms in total. The van der Waals surface area contributed by atoms with Gasteiger partial charge in [0.25, 0.3) is 0 Å². The molecule has 0 aliphatic heterocycles. The molecule has 0 radical (unpaired) electrons. The van der Waals surface area contributed by atoms with Gasteiger partial charge in [0.05, 0.1) is 0 Å². The summed E-state index contributed by atoms with van der Waals surface area (Å²) in [7, 11) is 1.88. The number of hydrogen-bond acceptors (Lipinski definition) is 6. The first-order chi connectivity index (χ1) is 10.2. The summed E-state index contributed by atoms with van der Waals surface area (Å²) in [5.41, 5.74) is 0.757. The van der Waals surface area contributed by atoms with Gasteiger partial charge in [-0.25, -0.2) is 0 Å². The Hall–Kier alpha value is -2.18. The van der Waals surface area contributed by atoms with Crippen LogP contribution in [0.1, 0.15) is 27.2 Å². The summed E-state index contributed by atoms with van der Waals surface area (Å²) in [6, 6.07) is 1.91. The van der Waals surface area contributed by atoms with Crippen molar-refractivity contribution < 1.29 is 0 Å². The van der Waals surface area contributed by atoms with E-state index in [2.05, 4.69) is 51.0 Å². The van der Waals surface area contributed by atoms with Gasteiger partial charge in [0.1, 0.15) is 5.69 Å². The van der Waals surface area contributed by atoms with Gasteiger partial charge in [-0.15, -0.1) is 0 Å². The van der Waals surface area contributed by atoms with Crippen LogP contribution in [0.3, 0.4) is 0 Å². The third-order valence-electron chi connectivity index (χ3n) is 3.15. The summed E-state index contributed by atoms with van der Waals surface area (Å²) < 4.78 is 1.75. The van der Waals surface area contributed by atoms with Crippen LogP contribution in [0.4, 0.5) is 11.9 Å². The van der Waals surface area contributed by atoms with Crippen molar-refractivity contribution >= 4 is 11.9 Å². The predicted octanol–water partition coefficient (Wildman–Crippen LogP) is 1.94. The number of nitrogens with one attached hydrogen (secondary N) is 1. The van der Waals surface area contributed by atoms with E-state index in [1.165, 1.54) is 0 Å². The highest BCUT2D eigenvalue weighted by atomic mass is 15.3. The van der Waals surface area contributed by atoms with E-state index < -0.39 is 0 Å². The van der Waals surface area contributed by atoms with Crippen LogP contribution in [-0.4, -0.2) is 44.4 Å². The van der Waals surface area contributed by atoms with Gasteiger partial charge in [0.15, 0.2) is 5.82 Å². The Kier molecular flexibility index (Phi) is 5.08. The summed E-state index contributed by atoms with van der Waals surface area (Å²) in [5.74, 6) is 1.90. The maximum Gasteiger partial charge on any atom is 0.230 e. The molecule has 2 aromatic heterocycles. The molecule has 0 aliphatic rings. The van der Waals surface area contributed by atoms with Crippen molar-refractivity contribution in [3.63, 3.8) is 0 Å². The molecule has 21 heavy (non-hydrogen) atoms. The lowest BCUT2D eigenvalue weighted by atomic mass is 10.4. The minimum atomic E-state index is 0.603. The Bertz CT molecular complexity index is 574. The first-order valence-electron chi connectivity index (χ1n) is 7.42. The molecule has 0 saturated carbocycles. The number of anilines is 2. The van der Waals surface area contributed by atoms with Gasteiger partial charge >= 0.3 is 0 Å². The minimum Gasteiger partial charge on any atom is -0.354 e. The Labute approximate surface area is 125 Å². The van der Waals surface area contributed by atoms with E-state index in [1.54, 1.807) is 4.68 Å². The van der Waals surface area contributed by atoms with Gasteiger partial charge in [-0.2, -0.15) is 20.1 Å². The fourth-order valence-electron chi connectivity index (χ4n) is 1.98. The third-order valence-corrected chi connectivity index (χ3v) is 3.15. The Balaban J connectivity index is 2.41. The summed E-state index contributed by atoms with van der Waals surface area (Å²) in [6.45, 7) is 8.84. The van der Waals surface area contributed by atoms with E-state index >= 15 is 0 Å². The second kappa shape index (κ2) is 7.01. The van der Waals surface area contributed by atoms with E-state index in [0.29, 0.717) is 17.7 Å². The van der Waals surface area contributed by atoms with Crippen molar-refractivity contribution in [2.75, 3.05) is 29.9 Å². The zero-order valence-corrected chi connectivity index (χ0v) is 13.2. The smallest absolute Gasteiger partial charge is 0.230 e. The zero-order valence-electron chi connectivity index (χ0n) is 13.2. The van der Waals surface area contributed by atoms with Crippen LogP contribution in [0.2, 0.25) is 0 Å². The van der Waals surface area contributed by atoms with E-state index in [-0.39, 0.29) is 0 Å². The summed E-state index contributed by atoms with van der Waals surface area (Å²) in [5, 5.41) is 7.60. The predicted molar refractivity (Wildman–Crippen MR) is 84.4 cm³/mol. The van der Waals surface area contributed by atoms with Gasteiger partial charge in [-0.1, -0.05) is 6.92 Å². The molecule has 0 spiro atoms. The number of rotatable bonds is 7. The third kappa shape index (κ3) is 3.68. The number of aromatic nitrogens is 5. The van der Waals surface area contributed by atoms with Crippen molar-refractivity contribution in [1.82, 2.24) is 24.7 Å². The molecule has 2 aromatic rings. The van der Waals surface area contributed by atoms with Crippen LogP contribution in [0, 0.1) is 0 Å². The molecule has 0 saturated heterocycles. The highest BCUT2D eigenvalue weighted by molar-refractivity contribution is 5.53. The van der Waals surface area contributed by atoms with Crippen LogP contribution in [0.25, 0.3) is 11.5 Å². The van der Waals surface area contributed by atoms with Crippen molar-refractivity contribution in [1.29, 1.82) is 0 Å². The van der Waals surface area contributed by atoms with Gasteiger partial charge in [-0.05, 0) is 26.3 Å². The van der Waals surface area contributed by atoms with E-state index in [9.17, 15) is 0 Å². The molecular weight excluding hydrogens is 266 g/mol. The topological polar surface area (TPSA) is 71.8 Å². The number of nitrogens with zero attached hydrogens (tertiary/aromatic N) is 6. The van der Waals surface area contributed by atoms with E-state index in [0.717, 1.165) is 31.7 Å². The molecule has 2 rings (SSSR count). The molecule has 114 valence electrons. The van der Waals surface area contributed by atoms with Crippen molar-refractivity contribution in [2.24, 2.45) is 7.05 Å². The highest BCUT2D eigenvalue weighted by Gasteiger charge is 2.13. The van der Waals surface area contributed by atoms with Gasteiger partial charge in [0, 0.05) is 32.9 Å². The molecule has 0 aliphatic carbocycles. The first-order valence-corrected chi connectivity index (χ1v) is 7.42. The zero-order chi connectivity index (χ0) is 15.2. The Morgan fingerprint density at radius 2 is 1.90 bits per heavy atom. The van der Waals surface area contributed by atoms with Crippen LogP contribution >= 0.6 is 0 Å². The molecule has 0 fully saturated rings. The van der Waals surface area contributed by atoms with Crippen molar-refractivity contribution in [3.05, 3.63) is 12.3 Å². The molecule has 0 atom stereocenters. The molecule has 0 amide bonds. The molecule has 7 heteroatoms. The van der Waals surface area contributed by atoms with Crippen LogP contribution < -0.4 is 10.2 Å². The fourth-order valence-corrected chi connectivity index (χ4v) is 1.98. The van der Waals surface area contributed by atoms with Gasteiger partial charge < -0.3 is 10.2 Å². The lowest BCUT2D eigenvalue weighted by Crippen LogP contribution is -2.25. The SMILES string of the molecule is CCCNc1nc(-c2ccn(C)n2)nc(N(CC)CC)n1. The largest absolute Gasteiger partial charge is 0.354 e. The summed E-state index contributed by atoms with van der Waals surface area (Å²) in [6.07, 6.45) is 2.90. The average Bonchev–Trinajstić information content (AvgIpc) is 2.93. The lowest BCUT2D eigenvalue weighted by Gasteiger charge is -2.19. The molecule has 0 bridgehead atoms. The van der Waals surface area contributed by atoms with Crippen LogP contribution in [0.5, 0.6) is 0 Å². The van der Waals surface area contributed by atoms with Crippen LogP contribution in [0.15, 0.2) is 12.3 Å². The molecule has 2 heterocycles. The van der Waals surface area contributed by atoms with E-state index in [1.807, 2.05) is 19.3 Å². The second-order valence-corrected chi connectivity index (χ2v) is 4.76. The molecular formula is C14H23N7. The van der Waals surface area contributed by atoms with Crippen molar-refractivity contribution in [2.45, 2.75) is 27.2 Å². The second-order valence-electron chi connectivity index (χ2n) is 4.76. The quantitative estimate of drug-likeness (QED) is 0.840. The fraction of sp³-hybridized carbons (Fsp3) is 0.571. The summed E-state index contributed by atoms with van der Waals surface area (Å²) >= 11 is 0. The van der Waals surface area contributed by atoms with Gasteiger partial charge in [-0.3, -0.25) is 4.68 Å². The lowest BCUT2D eigenvalue weighted by molar-refractivity contribution is 0.766. The highest BCUT2D eigenvalue weighted by Crippen LogP contribution is 2.18. The van der Waals surface area contributed by atoms with Crippen molar-refractivity contribution in [3.8, 4) is 11.5 Å². The maximum absolute atomic E-state index is 4.55. The monoisotopic (exact) mass is 289 g/mol. The average molecular weight is 289 g/mol. The molecule has 1 N–H and O–H groups in total. The first kappa shape index (κ1) is 15.2. The number of hydrogen-bond donors (Lipinski definition) is 1. The van der Waals surface area contributed by atoms with Crippen LogP contribution in [-0.2, 0) is 7.05 Å². The Morgan fingerprint density at radius 1 is 1.14 bits per heavy atom. The Morgan fingerprint density at radius 3 is 2.48 bits per heavy atom. The molecule has 0 unspecified atom stereocenters. The maximum atomic E-state index is 4.55. The van der Waals surface area contributed by atoms with Gasteiger partial charge in [0.2, 0.25) is 11.9 Å². The molecule has 0 aromatic carbocycles. The minimum absolute atomic E-state index is 0.603. The normalized spacial score (nSPS) is 10.7. The van der Waals surface area contributed by atoms with E-state index in [4.69, 9.17) is 0 Å². The standard InChI is InChI=1S/C14H23N7/c1-5-9-15-13-16-12(11-8-10-20(4)19-11)17-14(18-13)21(6-2)7-3/h8,10H,5-7,9H2,1-4H3,(H,15,16,17,18).